The van der Waals surface area contributed by atoms with Crippen LogP contribution in [0.25, 0.3) is 0 Å². The van der Waals surface area contributed by atoms with E-state index in [1.807, 2.05) is 6.92 Å². The molecule has 2 N–H and O–H groups in total. The lowest BCUT2D eigenvalue weighted by Crippen LogP contribution is -2.19. The maximum absolute atomic E-state index is 13.7. The molecule has 0 amide bonds. The first-order valence-corrected chi connectivity index (χ1v) is 7.77. The van der Waals surface area contributed by atoms with Crippen molar-refractivity contribution >= 4 is 10.0 Å². The van der Waals surface area contributed by atoms with Crippen molar-refractivity contribution in [2.45, 2.75) is 31.5 Å². The van der Waals surface area contributed by atoms with Crippen LogP contribution in [-0.4, -0.2) is 23.2 Å². The third kappa shape index (κ3) is 3.24. The smallest absolute Gasteiger partial charge is 0.273 e. The number of hydrogen-bond donors (Lipinski definition) is 1. The van der Waals surface area contributed by atoms with Gasteiger partial charge in [0, 0.05) is 13.0 Å². The number of sulfonamides is 1. The minimum absolute atomic E-state index is 0.0701. The van der Waals surface area contributed by atoms with E-state index in [4.69, 9.17) is 5.14 Å². The summed E-state index contributed by atoms with van der Waals surface area (Å²) >= 11 is 0. The SMILES string of the molecule is CCCn1c(Cc2cccc(F)c2F)nnc1S(N)(=O)=O. The number of benzene rings is 1. The van der Waals surface area contributed by atoms with E-state index >= 15 is 0 Å². The second-order valence-corrected chi connectivity index (χ2v) is 5.94. The van der Waals surface area contributed by atoms with Crippen molar-refractivity contribution in [3.8, 4) is 0 Å². The molecule has 0 atom stereocenters. The lowest BCUT2D eigenvalue weighted by molar-refractivity contribution is 0.498. The lowest BCUT2D eigenvalue weighted by atomic mass is 10.1. The Hall–Kier alpha value is -1.87. The molecule has 114 valence electrons. The van der Waals surface area contributed by atoms with Gasteiger partial charge in [0.05, 0.1) is 0 Å². The van der Waals surface area contributed by atoms with Crippen molar-refractivity contribution in [3.05, 3.63) is 41.2 Å². The van der Waals surface area contributed by atoms with Gasteiger partial charge >= 0.3 is 0 Å². The van der Waals surface area contributed by atoms with Crippen LogP contribution in [0, 0.1) is 11.6 Å². The van der Waals surface area contributed by atoms with Crippen molar-refractivity contribution in [1.82, 2.24) is 14.8 Å². The molecular weight excluding hydrogens is 302 g/mol. The number of hydrogen-bond acceptors (Lipinski definition) is 4. The molecule has 9 heteroatoms. The van der Waals surface area contributed by atoms with Crippen molar-refractivity contribution < 1.29 is 17.2 Å². The molecule has 0 unspecified atom stereocenters. The third-order valence-electron chi connectivity index (χ3n) is 2.88. The van der Waals surface area contributed by atoms with Crippen molar-refractivity contribution in [1.29, 1.82) is 0 Å². The first kappa shape index (κ1) is 15.5. The molecule has 21 heavy (non-hydrogen) atoms. The topological polar surface area (TPSA) is 90.9 Å². The summed E-state index contributed by atoms with van der Waals surface area (Å²) in [6, 6.07) is 3.78. The Kier molecular flexibility index (Phi) is 4.33. The number of rotatable bonds is 5. The Bertz CT molecular complexity index is 759. The van der Waals surface area contributed by atoms with E-state index in [0.29, 0.717) is 13.0 Å². The summed E-state index contributed by atoms with van der Waals surface area (Å²) in [7, 11) is -4.02. The van der Waals surface area contributed by atoms with E-state index in [9.17, 15) is 17.2 Å². The maximum Gasteiger partial charge on any atom is 0.273 e. The molecular formula is C12H14F2N4O2S. The zero-order valence-electron chi connectivity index (χ0n) is 11.3. The largest absolute Gasteiger partial charge is 0.300 e. The summed E-state index contributed by atoms with van der Waals surface area (Å²) in [5, 5.41) is 12.0. The zero-order chi connectivity index (χ0) is 15.6. The summed E-state index contributed by atoms with van der Waals surface area (Å²) in [6.45, 7) is 2.14. The van der Waals surface area contributed by atoms with Gasteiger partial charge in [0.15, 0.2) is 11.6 Å². The third-order valence-corrected chi connectivity index (χ3v) is 3.69. The minimum atomic E-state index is -4.02. The number of nitrogens with zero attached hydrogens (tertiary/aromatic N) is 3. The molecule has 0 saturated carbocycles. The van der Waals surface area contributed by atoms with Crippen LogP contribution in [0.3, 0.4) is 0 Å². The number of primary sulfonamides is 1. The Morgan fingerprint density at radius 2 is 2.00 bits per heavy atom. The number of aromatic nitrogens is 3. The Morgan fingerprint density at radius 1 is 1.29 bits per heavy atom. The van der Waals surface area contributed by atoms with Gasteiger partial charge in [-0.05, 0) is 18.1 Å². The molecule has 0 bridgehead atoms. The Labute approximate surface area is 120 Å². The average molecular weight is 316 g/mol. The highest BCUT2D eigenvalue weighted by Gasteiger charge is 2.21. The van der Waals surface area contributed by atoms with Crippen molar-refractivity contribution in [2.75, 3.05) is 0 Å². The van der Waals surface area contributed by atoms with Gasteiger partial charge < -0.3 is 4.57 Å². The molecule has 6 nitrogen and oxygen atoms in total. The van der Waals surface area contributed by atoms with E-state index in [-0.39, 0.29) is 23.0 Å². The maximum atomic E-state index is 13.7. The predicted octanol–water partition coefficient (Wildman–Crippen LogP) is 1.20. The van der Waals surface area contributed by atoms with Gasteiger partial charge in [0.2, 0.25) is 0 Å². The normalized spacial score (nSPS) is 11.8. The Balaban J connectivity index is 2.45. The van der Waals surface area contributed by atoms with Crippen LogP contribution in [-0.2, 0) is 23.0 Å². The fraction of sp³-hybridized carbons (Fsp3) is 0.333. The Morgan fingerprint density at radius 3 is 2.62 bits per heavy atom. The second-order valence-electron chi connectivity index (χ2n) is 4.49. The fourth-order valence-electron chi connectivity index (χ4n) is 1.96. The molecule has 0 radical (unpaired) electrons. The summed E-state index contributed by atoms with van der Waals surface area (Å²) in [6.07, 6.45) is 0.533. The van der Waals surface area contributed by atoms with E-state index in [0.717, 1.165) is 6.07 Å². The van der Waals surface area contributed by atoms with Crippen LogP contribution in [0.4, 0.5) is 8.78 Å². The summed E-state index contributed by atoms with van der Waals surface area (Å²) < 4.78 is 51.0. The van der Waals surface area contributed by atoms with Crippen molar-refractivity contribution in [2.24, 2.45) is 5.14 Å². The summed E-state index contributed by atoms with van der Waals surface area (Å²) in [5.74, 6) is -1.74. The highest BCUT2D eigenvalue weighted by atomic mass is 32.2. The molecule has 0 aliphatic rings. The number of nitrogens with two attached hydrogens (primary N) is 1. The van der Waals surface area contributed by atoms with Gasteiger partial charge in [-0.25, -0.2) is 22.3 Å². The summed E-state index contributed by atoms with van der Waals surface area (Å²) in [4.78, 5) is 0. The lowest BCUT2D eigenvalue weighted by Gasteiger charge is -2.08. The van der Waals surface area contributed by atoms with E-state index in [1.165, 1.54) is 16.7 Å². The molecule has 0 saturated heterocycles. The van der Waals surface area contributed by atoms with Gasteiger partial charge in [-0.1, -0.05) is 19.1 Å². The van der Waals surface area contributed by atoms with Crippen LogP contribution in [0.15, 0.2) is 23.4 Å². The first-order chi connectivity index (χ1) is 9.84. The van der Waals surface area contributed by atoms with E-state index in [1.54, 1.807) is 0 Å². The van der Waals surface area contributed by atoms with Crippen LogP contribution >= 0.6 is 0 Å². The quantitative estimate of drug-likeness (QED) is 0.897. The van der Waals surface area contributed by atoms with Gasteiger partial charge in [-0.3, -0.25) is 0 Å². The van der Waals surface area contributed by atoms with Gasteiger partial charge in [-0.15, -0.1) is 10.2 Å². The van der Waals surface area contributed by atoms with E-state index < -0.39 is 21.7 Å². The van der Waals surface area contributed by atoms with Crippen LogP contribution in [0.1, 0.15) is 24.7 Å². The highest BCUT2D eigenvalue weighted by molar-refractivity contribution is 7.89. The standard InChI is InChI=1S/C12H14F2N4O2S/c1-2-6-18-10(16-17-12(18)21(15,19)20)7-8-4-3-5-9(13)11(8)14/h3-5H,2,6-7H2,1H3,(H2,15,19,20). The summed E-state index contributed by atoms with van der Waals surface area (Å²) in [5.41, 5.74) is 0.0701. The molecule has 0 aliphatic carbocycles. The average Bonchev–Trinajstić information content (AvgIpc) is 2.79. The molecule has 0 fully saturated rings. The molecule has 1 aromatic heterocycles. The fourth-order valence-corrected chi connectivity index (χ4v) is 2.62. The monoisotopic (exact) mass is 316 g/mol. The molecule has 2 rings (SSSR count). The highest BCUT2D eigenvalue weighted by Crippen LogP contribution is 2.17. The van der Waals surface area contributed by atoms with Crippen LogP contribution < -0.4 is 5.14 Å². The van der Waals surface area contributed by atoms with Gasteiger partial charge in [0.1, 0.15) is 5.82 Å². The minimum Gasteiger partial charge on any atom is -0.300 e. The number of halogens is 2. The van der Waals surface area contributed by atoms with Gasteiger partial charge in [-0.2, -0.15) is 0 Å². The van der Waals surface area contributed by atoms with Gasteiger partial charge in [0.25, 0.3) is 15.2 Å². The zero-order valence-corrected chi connectivity index (χ0v) is 12.1. The predicted molar refractivity (Wildman–Crippen MR) is 70.9 cm³/mol. The van der Waals surface area contributed by atoms with Crippen molar-refractivity contribution in [3.63, 3.8) is 0 Å². The second kappa shape index (κ2) is 5.86. The molecule has 0 spiro atoms. The van der Waals surface area contributed by atoms with Crippen LogP contribution in [0.5, 0.6) is 0 Å². The van der Waals surface area contributed by atoms with E-state index in [2.05, 4.69) is 10.2 Å². The molecule has 0 aliphatic heterocycles. The van der Waals surface area contributed by atoms with Crippen LogP contribution in [0.2, 0.25) is 0 Å². The first-order valence-electron chi connectivity index (χ1n) is 6.22. The molecule has 1 aromatic carbocycles. The molecule has 2 aromatic rings. The molecule has 1 heterocycles.